The number of thioether (sulfide) groups is 1. The number of carbonyl (C=O) groups is 2. The van der Waals surface area contributed by atoms with Crippen LogP contribution in [0.25, 0.3) is 11.0 Å². The molecule has 1 aliphatic rings. The molecule has 0 aliphatic carbocycles. The molecule has 6 nitrogen and oxygen atoms in total. The van der Waals surface area contributed by atoms with Crippen molar-refractivity contribution in [3.05, 3.63) is 76.4 Å². The Morgan fingerprint density at radius 2 is 1.89 bits per heavy atom. The maximum atomic E-state index is 12.9. The molecule has 0 unspecified atom stereocenters. The van der Waals surface area contributed by atoms with Crippen LogP contribution in [0.3, 0.4) is 0 Å². The van der Waals surface area contributed by atoms with Crippen LogP contribution in [0.15, 0.2) is 68.8 Å². The first-order valence-corrected chi connectivity index (χ1v) is 9.25. The van der Waals surface area contributed by atoms with E-state index in [2.05, 4.69) is 10.3 Å². The summed E-state index contributed by atoms with van der Waals surface area (Å²) < 4.78 is 18.2. The van der Waals surface area contributed by atoms with E-state index in [9.17, 15) is 18.8 Å². The van der Waals surface area contributed by atoms with Crippen LogP contribution in [0.2, 0.25) is 0 Å². The van der Waals surface area contributed by atoms with Crippen molar-refractivity contribution in [1.82, 2.24) is 0 Å². The molecule has 2 heterocycles. The molecule has 8 heteroatoms. The number of rotatable bonds is 4. The number of aliphatic imine (C=N–C) groups is 1. The van der Waals surface area contributed by atoms with Crippen molar-refractivity contribution in [2.45, 2.75) is 11.7 Å². The Hall–Kier alpha value is -3.26. The summed E-state index contributed by atoms with van der Waals surface area (Å²) in [5, 5.41) is 2.82. The number of carbonyl (C=O) groups excluding carboxylic acids is 2. The van der Waals surface area contributed by atoms with Gasteiger partial charge in [0, 0.05) is 17.5 Å². The van der Waals surface area contributed by atoms with E-state index in [1.54, 1.807) is 24.3 Å². The maximum Gasteiger partial charge on any atom is 0.346 e. The fourth-order valence-electron chi connectivity index (χ4n) is 2.76. The Morgan fingerprint density at radius 1 is 1.14 bits per heavy atom. The minimum Gasteiger partial charge on any atom is -0.422 e. The smallest absolute Gasteiger partial charge is 0.346 e. The number of nitrogens with zero attached hydrogens (tertiary/aromatic N) is 1. The van der Waals surface area contributed by atoms with Crippen LogP contribution in [0.1, 0.15) is 12.0 Å². The van der Waals surface area contributed by atoms with E-state index < -0.39 is 28.5 Å². The van der Waals surface area contributed by atoms with E-state index in [0.717, 1.165) is 11.8 Å². The number of anilines is 1. The summed E-state index contributed by atoms with van der Waals surface area (Å²) in [5.41, 5.74) is 0.479. The number of hydrogen-bond acceptors (Lipinski definition) is 5. The number of benzene rings is 2. The molecule has 1 atom stereocenters. The summed E-state index contributed by atoms with van der Waals surface area (Å²) in [4.78, 5) is 40.6. The summed E-state index contributed by atoms with van der Waals surface area (Å²) >= 11 is 1.06. The SMILES string of the molecule is O=C(C[C@H]1SC(c2cc3ccccc3oc2=O)=NC1=O)Nc1ccc(F)cc1. The molecule has 0 spiro atoms. The normalized spacial score (nSPS) is 16.2. The Morgan fingerprint density at radius 3 is 2.68 bits per heavy atom. The number of amides is 2. The standard InChI is InChI=1S/C20H13FN2O4S/c21-12-5-7-13(8-6-12)22-17(24)10-16-18(25)23-19(28-16)14-9-11-3-1-2-4-15(11)27-20(14)26/h1-9,16H,10H2,(H,22,24)/t16-/m1/s1. The van der Waals surface area contributed by atoms with E-state index in [1.807, 2.05) is 6.07 Å². The fraction of sp³-hybridized carbons (Fsp3) is 0.100. The van der Waals surface area contributed by atoms with Crippen molar-refractivity contribution < 1.29 is 18.4 Å². The first-order valence-electron chi connectivity index (χ1n) is 8.37. The van der Waals surface area contributed by atoms with Crippen molar-refractivity contribution >= 4 is 45.3 Å². The van der Waals surface area contributed by atoms with Gasteiger partial charge in [-0.1, -0.05) is 30.0 Å². The molecule has 0 radical (unpaired) electrons. The molecule has 140 valence electrons. The summed E-state index contributed by atoms with van der Waals surface area (Å²) in [5.74, 6) is -1.30. The van der Waals surface area contributed by atoms with Crippen molar-refractivity contribution in [2.24, 2.45) is 4.99 Å². The lowest BCUT2D eigenvalue weighted by Gasteiger charge is -2.08. The average Bonchev–Trinajstić information content (AvgIpc) is 3.03. The minimum atomic E-state index is -0.735. The lowest BCUT2D eigenvalue weighted by Crippen LogP contribution is -2.21. The molecule has 0 fully saturated rings. The van der Waals surface area contributed by atoms with Crippen LogP contribution >= 0.6 is 11.8 Å². The summed E-state index contributed by atoms with van der Waals surface area (Å²) in [7, 11) is 0. The first-order chi connectivity index (χ1) is 13.5. The molecule has 0 bridgehead atoms. The lowest BCUT2D eigenvalue weighted by atomic mass is 10.2. The molecular weight excluding hydrogens is 383 g/mol. The number of halogens is 1. The quantitative estimate of drug-likeness (QED) is 0.683. The highest BCUT2D eigenvalue weighted by Gasteiger charge is 2.32. The van der Waals surface area contributed by atoms with Crippen LogP contribution in [0, 0.1) is 5.82 Å². The van der Waals surface area contributed by atoms with Crippen LogP contribution < -0.4 is 10.9 Å². The van der Waals surface area contributed by atoms with E-state index in [0.29, 0.717) is 16.7 Å². The second kappa shape index (κ2) is 7.40. The van der Waals surface area contributed by atoms with Gasteiger partial charge in [0.1, 0.15) is 21.7 Å². The van der Waals surface area contributed by atoms with Gasteiger partial charge in [-0.05, 0) is 36.4 Å². The van der Waals surface area contributed by atoms with Gasteiger partial charge in [-0.2, -0.15) is 0 Å². The topological polar surface area (TPSA) is 88.7 Å². The van der Waals surface area contributed by atoms with Gasteiger partial charge >= 0.3 is 5.63 Å². The van der Waals surface area contributed by atoms with Gasteiger partial charge in [0.25, 0.3) is 5.91 Å². The summed E-state index contributed by atoms with van der Waals surface area (Å²) in [6, 6.07) is 14.0. The molecule has 1 aliphatic heterocycles. The number of para-hydroxylation sites is 1. The zero-order valence-corrected chi connectivity index (χ0v) is 15.2. The Balaban J connectivity index is 1.48. The third-order valence-electron chi connectivity index (χ3n) is 4.11. The zero-order chi connectivity index (χ0) is 19.7. The monoisotopic (exact) mass is 396 g/mol. The third kappa shape index (κ3) is 3.72. The molecule has 2 aromatic carbocycles. The van der Waals surface area contributed by atoms with Crippen LogP contribution in [-0.4, -0.2) is 22.1 Å². The number of fused-ring (bicyclic) bond motifs is 1. The Bertz CT molecular complexity index is 1170. The van der Waals surface area contributed by atoms with Crippen molar-refractivity contribution in [2.75, 3.05) is 5.32 Å². The number of hydrogen-bond donors (Lipinski definition) is 1. The highest BCUT2D eigenvalue weighted by molar-refractivity contribution is 8.16. The fourth-order valence-corrected chi connectivity index (χ4v) is 3.83. The number of nitrogens with one attached hydrogen (secondary N) is 1. The molecule has 2 amide bonds. The van der Waals surface area contributed by atoms with Gasteiger partial charge in [0.2, 0.25) is 5.91 Å². The second-order valence-electron chi connectivity index (χ2n) is 6.11. The van der Waals surface area contributed by atoms with E-state index in [4.69, 9.17) is 4.42 Å². The van der Waals surface area contributed by atoms with Crippen LogP contribution in [-0.2, 0) is 9.59 Å². The highest BCUT2D eigenvalue weighted by Crippen LogP contribution is 2.29. The van der Waals surface area contributed by atoms with Gasteiger partial charge in [-0.25, -0.2) is 14.2 Å². The maximum absolute atomic E-state index is 12.9. The van der Waals surface area contributed by atoms with Crippen LogP contribution in [0.5, 0.6) is 0 Å². The van der Waals surface area contributed by atoms with Gasteiger partial charge in [-0.3, -0.25) is 9.59 Å². The molecule has 28 heavy (non-hydrogen) atoms. The van der Waals surface area contributed by atoms with Crippen molar-refractivity contribution in [3.63, 3.8) is 0 Å². The van der Waals surface area contributed by atoms with Gasteiger partial charge in [0.15, 0.2) is 0 Å². The van der Waals surface area contributed by atoms with E-state index in [1.165, 1.54) is 24.3 Å². The minimum absolute atomic E-state index is 0.118. The average molecular weight is 396 g/mol. The predicted octanol–water partition coefficient (Wildman–Crippen LogP) is 3.35. The predicted molar refractivity (Wildman–Crippen MR) is 105 cm³/mol. The molecule has 4 rings (SSSR count). The Kier molecular flexibility index (Phi) is 4.79. The van der Waals surface area contributed by atoms with Gasteiger partial charge in [0.05, 0.1) is 5.56 Å². The lowest BCUT2D eigenvalue weighted by molar-refractivity contribution is -0.121. The Labute approximate surface area is 162 Å². The van der Waals surface area contributed by atoms with Gasteiger partial charge in [-0.15, -0.1) is 0 Å². The highest BCUT2D eigenvalue weighted by atomic mass is 32.2. The molecule has 1 N–H and O–H groups in total. The molecule has 1 aromatic heterocycles. The van der Waals surface area contributed by atoms with Crippen LogP contribution in [0.4, 0.5) is 10.1 Å². The largest absolute Gasteiger partial charge is 0.422 e. The summed E-state index contributed by atoms with van der Waals surface area (Å²) in [6.07, 6.45) is -0.118. The van der Waals surface area contributed by atoms with Crippen molar-refractivity contribution in [1.29, 1.82) is 0 Å². The molecule has 0 saturated heterocycles. The second-order valence-corrected chi connectivity index (χ2v) is 7.30. The van der Waals surface area contributed by atoms with Gasteiger partial charge < -0.3 is 9.73 Å². The summed E-state index contributed by atoms with van der Waals surface area (Å²) in [6.45, 7) is 0. The molecule has 0 saturated carbocycles. The van der Waals surface area contributed by atoms with Crippen molar-refractivity contribution in [3.8, 4) is 0 Å². The third-order valence-corrected chi connectivity index (χ3v) is 5.30. The zero-order valence-electron chi connectivity index (χ0n) is 14.3. The first kappa shape index (κ1) is 18.1. The molecule has 3 aromatic rings. The van der Waals surface area contributed by atoms with E-state index >= 15 is 0 Å². The van der Waals surface area contributed by atoms with E-state index in [-0.39, 0.29) is 17.0 Å². The molecular formula is C20H13FN2O4S.